The van der Waals surface area contributed by atoms with Gasteiger partial charge in [0.15, 0.2) is 0 Å². The Morgan fingerprint density at radius 3 is 2.34 bits per heavy atom. The fraction of sp³-hybridized carbons (Fsp3) is 0.346. The summed E-state index contributed by atoms with van der Waals surface area (Å²) < 4.78 is 1.72. The van der Waals surface area contributed by atoms with Crippen molar-refractivity contribution in [2.75, 3.05) is 51.7 Å². The highest BCUT2D eigenvalue weighted by Crippen LogP contribution is 2.30. The lowest BCUT2D eigenvalue weighted by Gasteiger charge is -2.37. The number of nitrogens with zero attached hydrogens (tertiary/aromatic N) is 5. The van der Waals surface area contributed by atoms with Crippen LogP contribution in [0.2, 0.25) is 5.02 Å². The first kappa shape index (κ1) is 26.2. The smallest absolute Gasteiger partial charge is 0.271 e. The van der Waals surface area contributed by atoms with Crippen molar-refractivity contribution in [3.63, 3.8) is 0 Å². The van der Waals surface area contributed by atoms with Gasteiger partial charge in [0.1, 0.15) is 11.6 Å². The van der Waals surface area contributed by atoms with Crippen molar-refractivity contribution in [1.29, 1.82) is 5.26 Å². The van der Waals surface area contributed by atoms with Gasteiger partial charge in [-0.25, -0.2) is 0 Å². The number of carbonyl (C=O) groups is 1. The van der Waals surface area contributed by atoms with Crippen LogP contribution in [0.4, 0.5) is 5.69 Å². The number of aromatic nitrogens is 1. The summed E-state index contributed by atoms with van der Waals surface area (Å²) in [5.74, 6) is -0.0435. The maximum atomic E-state index is 13.4. The molecule has 3 N–H and O–H groups in total. The van der Waals surface area contributed by atoms with Gasteiger partial charge in [-0.2, -0.15) is 5.26 Å². The molecule has 8 nitrogen and oxygen atoms in total. The maximum absolute atomic E-state index is 13.4. The number of benzene rings is 2. The van der Waals surface area contributed by atoms with Gasteiger partial charge in [-0.3, -0.25) is 9.59 Å². The topological polar surface area (TPSA) is 108 Å². The molecule has 0 atom stereocenters. The van der Waals surface area contributed by atoms with Crippen LogP contribution in [0.1, 0.15) is 22.3 Å². The van der Waals surface area contributed by atoms with Crippen LogP contribution >= 0.6 is 11.6 Å². The van der Waals surface area contributed by atoms with E-state index in [9.17, 15) is 14.9 Å². The van der Waals surface area contributed by atoms with E-state index >= 15 is 0 Å². The lowest BCUT2D eigenvalue weighted by molar-refractivity contribution is 0.0747. The molecule has 1 aromatic heterocycles. The van der Waals surface area contributed by atoms with Gasteiger partial charge in [-0.1, -0.05) is 29.8 Å². The first-order valence-electron chi connectivity index (χ1n) is 11.4. The first-order valence-corrected chi connectivity index (χ1v) is 11.8. The quantitative estimate of drug-likeness (QED) is 0.561. The van der Waals surface area contributed by atoms with Crippen LogP contribution in [0.5, 0.6) is 0 Å². The minimum Gasteiger partial charge on any atom is -0.366 e. The Bertz CT molecular complexity index is 1290. The molecule has 9 heteroatoms. The van der Waals surface area contributed by atoms with Crippen LogP contribution < -0.4 is 16.6 Å². The van der Waals surface area contributed by atoms with Crippen LogP contribution in [0.25, 0.3) is 10.9 Å². The number of hydrogen-bond donors (Lipinski definition) is 1. The van der Waals surface area contributed by atoms with Crippen LogP contribution in [-0.4, -0.2) is 67.1 Å². The number of rotatable bonds is 6. The number of piperazine rings is 1. The van der Waals surface area contributed by atoms with Gasteiger partial charge in [0.05, 0.1) is 11.2 Å². The van der Waals surface area contributed by atoms with Gasteiger partial charge in [-0.05, 0) is 57.4 Å². The predicted octanol–water partition coefficient (Wildman–Crippen LogP) is 3.60. The lowest BCUT2D eigenvalue weighted by Crippen LogP contribution is -2.49. The summed E-state index contributed by atoms with van der Waals surface area (Å²) in [6.45, 7) is 3.51. The Kier molecular flexibility index (Phi) is 8.52. The second kappa shape index (κ2) is 11.4. The number of halogens is 1. The molecule has 35 heavy (non-hydrogen) atoms. The SMILES string of the molecule is CN(C)CCCn1c(=O)c(C#N)c(N2CCN(C(=O)c3ccc(Cl)cc3)CC2)c2ccccc21.N. The van der Waals surface area contributed by atoms with Crippen LogP contribution in [0, 0.1) is 11.3 Å². The van der Waals surface area contributed by atoms with Crippen LogP contribution in [0.3, 0.4) is 0 Å². The molecule has 0 aliphatic carbocycles. The van der Waals surface area contributed by atoms with Crippen LogP contribution in [0.15, 0.2) is 53.3 Å². The molecule has 1 aliphatic rings. The molecular formula is C26H31ClN6O2. The molecule has 0 spiro atoms. The molecular weight excluding hydrogens is 464 g/mol. The highest BCUT2D eigenvalue weighted by molar-refractivity contribution is 6.30. The van der Waals surface area contributed by atoms with Crippen molar-refractivity contribution in [3.8, 4) is 6.07 Å². The Labute approximate surface area is 210 Å². The molecule has 4 rings (SSSR count). The normalized spacial score (nSPS) is 13.6. The zero-order valence-corrected chi connectivity index (χ0v) is 21.0. The summed E-state index contributed by atoms with van der Waals surface area (Å²) in [5, 5.41) is 11.4. The fourth-order valence-electron chi connectivity index (χ4n) is 4.49. The van der Waals surface area contributed by atoms with Gasteiger partial charge < -0.3 is 25.4 Å². The molecule has 1 fully saturated rings. The molecule has 0 unspecified atom stereocenters. The van der Waals surface area contributed by atoms with E-state index in [-0.39, 0.29) is 23.2 Å². The number of hydrogen-bond acceptors (Lipinski definition) is 6. The minimum atomic E-state index is -0.255. The number of para-hydroxylation sites is 1. The summed E-state index contributed by atoms with van der Waals surface area (Å²) >= 11 is 5.94. The lowest BCUT2D eigenvalue weighted by atomic mass is 10.1. The van der Waals surface area contributed by atoms with Gasteiger partial charge in [-0.15, -0.1) is 0 Å². The van der Waals surface area contributed by atoms with Crippen molar-refractivity contribution in [2.45, 2.75) is 13.0 Å². The molecule has 0 bridgehead atoms. The van der Waals surface area contributed by atoms with Crippen LogP contribution in [-0.2, 0) is 6.54 Å². The third kappa shape index (κ3) is 5.49. The van der Waals surface area contributed by atoms with E-state index in [2.05, 4.69) is 15.9 Å². The van der Waals surface area contributed by atoms with E-state index in [0.717, 1.165) is 23.9 Å². The molecule has 2 heterocycles. The second-order valence-electron chi connectivity index (χ2n) is 8.75. The standard InChI is InChI=1S/C26H28ClN5O2.H3N/c1-29(2)12-5-13-32-23-7-4-3-6-21(23)24(22(18-28)26(32)34)30-14-16-31(17-15-30)25(33)19-8-10-20(27)11-9-19;/h3-4,6-11H,5,12-17H2,1-2H3;1H3. The first-order chi connectivity index (χ1) is 16.4. The molecule has 1 amide bonds. The number of anilines is 1. The maximum Gasteiger partial charge on any atom is 0.271 e. The highest BCUT2D eigenvalue weighted by atomic mass is 35.5. The monoisotopic (exact) mass is 494 g/mol. The van der Waals surface area contributed by atoms with Crippen molar-refractivity contribution >= 4 is 34.1 Å². The fourth-order valence-corrected chi connectivity index (χ4v) is 4.62. The Morgan fingerprint density at radius 2 is 1.71 bits per heavy atom. The number of pyridine rings is 1. The van der Waals surface area contributed by atoms with Crippen molar-refractivity contribution in [2.24, 2.45) is 0 Å². The predicted molar refractivity (Wildman–Crippen MR) is 141 cm³/mol. The van der Waals surface area contributed by atoms with Gasteiger partial charge >= 0.3 is 0 Å². The van der Waals surface area contributed by atoms with Crippen molar-refractivity contribution in [3.05, 3.63) is 75.0 Å². The molecule has 0 saturated carbocycles. The third-order valence-corrected chi connectivity index (χ3v) is 6.47. The number of nitriles is 1. The van der Waals surface area contributed by atoms with Gasteiger partial charge in [0.2, 0.25) is 0 Å². The molecule has 1 saturated heterocycles. The van der Waals surface area contributed by atoms with E-state index < -0.39 is 0 Å². The molecule has 3 aromatic rings. The Balaban J connectivity index is 0.00000342. The summed E-state index contributed by atoms with van der Waals surface area (Å²) in [6.07, 6.45) is 0.812. The summed E-state index contributed by atoms with van der Waals surface area (Å²) in [6, 6.07) is 16.8. The zero-order valence-electron chi connectivity index (χ0n) is 20.2. The molecule has 184 valence electrons. The van der Waals surface area contributed by atoms with E-state index in [0.29, 0.717) is 49.0 Å². The number of carbonyl (C=O) groups excluding carboxylic acids is 1. The second-order valence-corrected chi connectivity index (χ2v) is 9.19. The van der Waals surface area contributed by atoms with E-state index in [1.54, 1.807) is 33.7 Å². The average Bonchev–Trinajstić information content (AvgIpc) is 2.85. The largest absolute Gasteiger partial charge is 0.366 e. The summed E-state index contributed by atoms with van der Waals surface area (Å²) in [7, 11) is 4.00. The third-order valence-electron chi connectivity index (χ3n) is 6.22. The van der Waals surface area contributed by atoms with Crippen molar-refractivity contribution < 1.29 is 4.79 Å². The highest BCUT2D eigenvalue weighted by Gasteiger charge is 2.27. The zero-order chi connectivity index (χ0) is 24.2. The number of fused-ring (bicyclic) bond motifs is 1. The van der Waals surface area contributed by atoms with Gasteiger partial charge in [0, 0.05) is 48.7 Å². The minimum absolute atomic E-state index is 0. The summed E-state index contributed by atoms with van der Waals surface area (Å²) in [5.41, 5.74) is 2.02. The van der Waals surface area contributed by atoms with Crippen molar-refractivity contribution in [1.82, 2.24) is 20.5 Å². The molecule has 0 radical (unpaired) electrons. The number of amides is 1. The Morgan fingerprint density at radius 1 is 1.06 bits per heavy atom. The van der Waals surface area contributed by atoms with E-state index in [1.807, 2.05) is 38.4 Å². The van der Waals surface area contributed by atoms with E-state index in [4.69, 9.17) is 11.6 Å². The molecule has 2 aromatic carbocycles. The number of aryl methyl sites for hydroxylation is 1. The molecule has 1 aliphatic heterocycles. The van der Waals surface area contributed by atoms with Gasteiger partial charge in [0.25, 0.3) is 11.5 Å². The van der Waals surface area contributed by atoms with E-state index in [1.165, 1.54) is 0 Å². The summed E-state index contributed by atoms with van der Waals surface area (Å²) in [4.78, 5) is 32.2. The average molecular weight is 495 g/mol. The Hall–Kier alpha value is -3.38.